The number of anilines is 2. The van der Waals surface area contributed by atoms with E-state index in [1.807, 2.05) is 29.8 Å². The predicted octanol–water partition coefficient (Wildman–Crippen LogP) is 1.21. The van der Waals surface area contributed by atoms with Gasteiger partial charge in [0, 0.05) is 19.4 Å². The first-order valence-electron chi connectivity index (χ1n) is 6.45. The van der Waals surface area contributed by atoms with Gasteiger partial charge < -0.3 is 15.6 Å². The van der Waals surface area contributed by atoms with Gasteiger partial charge in [0.05, 0.1) is 24.5 Å². The molecular weight excluding hydrogens is 273 g/mol. The summed E-state index contributed by atoms with van der Waals surface area (Å²) in [6, 6.07) is 3.87. The Morgan fingerprint density at radius 1 is 1.52 bits per heavy atom. The third kappa shape index (κ3) is 4.03. The molecule has 0 spiro atoms. The molecule has 1 aromatic heterocycles. The molecule has 0 aliphatic heterocycles. The van der Waals surface area contributed by atoms with E-state index in [0.717, 1.165) is 5.82 Å². The molecule has 1 aromatic carbocycles. The average Bonchev–Trinajstić information content (AvgIpc) is 2.79. The van der Waals surface area contributed by atoms with Crippen molar-refractivity contribution in [3.05, 3.63) is 42.2 Å². The number of nitrogens with zero attached hydrogens (tertiary/aromatic N) is 3. The Morgan fingerprint density at radius 3 is 2.95 bits per heavy atom. The minimum absolute atomic E-state index is 0.156. The van der Waals surface area contributed by atoms with Crippen molar-refractivity contribution in [3.63, 3.8) is 0 Å². The van der Waals surface area contributed by atoms with Crippen LogP contribution in [0.2, 0.25) is 0 Å². The fraction of sp³-hybridized carbons (Fsp3) is 0.286. The van der Waals surface area contributed by atoms with Crippen molar-refractivity contribution < 1.29 is 9.18 Å². The molecule has 3 N–H and O–H groups in total. The van der Waals surface area contributed by atoms with Gasteiger partial charge in [-0.1, -0.05) is 0 Å². The number of nitrogen functional groups attached to an aromatic ring is 1. The Hall–Kier alpha value is -2.41. The van der Waals surface area contributed by atoms with Gasteiger partial charge in [0.15, 0.2) is 0 Å². The lowest BCUT2D eigenvalue weighted by atomic mass is 10.2. The number of carbonyl (C=O) groups excluding carboxylic acids is 1. The molecule has 112 valence electrons. The number of likely N-dealkylation sites (N-methyl/N-ethyl adjacent to an activating group) is 1. The van der Waals surface area contributed by atoms with Crippen LogP contribution in [-0.4, -0.2) is 34.0 Å². The van der Waals surface area contributed by atoms with E-state index in [1.165, 1.54) is 18.2 Å². The highest BCUT2D eigenvalue weighted by molar-refractivity contribution is 5.95. The van der Waals surface area contributed by atoms with Crippen molar-refractivity contribution in [1.82, 2.24) is 14.5 Å². The Kier molecular flexibility index (Phi) is 4.54. The van der Waals surface area contributed by atoms with Gasteiger partial charge >= 0.3 is 0 Å². The van der Waals surface area contributed by atoms with Gasteiger partial charge in [0.2, 0.25) is 5.91 Å². The van der Waals surface area contributed by atoms with Crippen LogP contribution < -0.4 is 11.1 Å². The molecule has 0 atom stereocenters. The van der Waals surface area contributed by atoms with Crippen molar-refractivity contribution in [2.45, 2.75) is 6.54 Å². The van der Waals surface area contributed by atoms with Crippen molar-refractivity contribution in [2.75, 3.05) is 24.6 Å². The number of nitrogens with one attached hydrogen (secondary N) is 1. The zero-order valence-corrected chi connectivity index (χ0v) is 12.0. The molecule has 7 heteroatoms. The van der Waals surface area contributed by atoms with E-state index in [-0.39, 0.29) is 18.1 Å². The monoisotopic (exact) mass is 291 g/mol. The molecular formula is C14H18FN5O. The second-order valence-corrected chi connectivity index (χ2v) is 4.91. The van der Waals surface area contributed by atoms with Crippen LogP contribution in [0.15, 0.2) is 30.6 Å². The van der Waals surface area contributed by atoms with Gasteiger partial charge in [-0.05, 0) is 25.2 Å². The highest BCUT2D eigenvalue weighted by atomic mass is 19.1. The molecule has 0 aliphatic carbocycles. The van der Waals surface area contributed by atoms with E-state index in [9.17, 15) is 9.18 Å². The van der Waals surface area contributed by atoms with Crippen molar-refractivity contribution in [2.24, 2.45) is 7.05 Å². The number of halogens is 1. The number of benzene rings is 1. The summed E-state index contributed by atoms with van der Waals surface area (Å²) in [5.41, 5.74) is 6.30. The number of hydrogen-bond acceptors (Lipinski definition) is 4. The number of nitrogens with two attached hydrogens (primary N) is 1. The SMILES string of the molecule is CN(CC(=O)Nc1cc(F)ccc1N)Cc1nccn1C. The smallest absolute Gasteiger partial charge is 0.238 e. The van der Waals surface area contributed by atoms with Gasteiger partial charge in [0.1, 0.15) is 11.6 Å². The highest BCUT2D eigenvalue weighted by Gasteiger charge is 2.11. The maximum absolute atomic E-state index is 13.1. The highest BCUT2D eigenvalue weighted by Crippen LogP contribution is 2.19. The van der Waals surface area contributed by atoms with Gasteiger partial charge in [-0.3, -0.25) is 9.69 Å². The van der Waals surface area contributed by atoms with E-state index in [0.29, 0.717) is 12.2 Å². The number of hydrogen-bond donors (Lipinski definition) is 2. The van der Waals surface area contributed by atoms with E-state index < -0.39 is 5.82 Å². The maximum Gasteiger partial charge on any atom is 0.238 e. The lowest BCUT2D eigenvalue weighted by molar-refractivity contribution is -0.117. The summed E-state index contributed by atoms with van der Waals surface area (Å²) in [6.07, 6.45) is 3.55. The molecule has 21 heavy (non-hydrogen) atoms. The van der Waals surface area contributed by atoms with Crippen LogP contribution in [0, 0.1) is 5.82 Å². The van der Waals surface area contributed by atoms with Crippen LogP contribution in [0.25, 0.3) is 0 Å². The normalized spacial score (nSPS) is 10.9. The first kappa shape index (κ1) is 15.0. The molecule has 2 aromatic rings. The van der Waals surface area contributed by atoms with E-state index in [1.54, 1.807) is 6.20 Å². The summed E-state index contributed by atoms with van der Waals surface area (Å²) in [4.78, 5) is 17.9. The topological polar surface area (TPSA) is 76.2 Å². The molecule has 2 rings (SSSR count). The molecule has 0 saturated carbocycles. The summed E-state index contributed by atoms with van der Waals surface area (Å²) in [5.74, 6) is 0.153. The minimum atomic E-state index is -0.444. The van der Waals surface area contributed by atoms with E-state index >= 15 is 0 Å². The zero-order valence-electron chi connectivity index (χ0n) is 12.0. The van der Waals surface area contributed by atoms with Gasteiger partial charge in [0.25, 0.3) is 0 Å². The fourth-order valence-electron chi connectivity index (χ4n) is 1.92. The third-order valence-corrected chi connectivity index (χ3v) is 3.04. The average molecular weight is 291 g/mol. The van der Waals surface area contributed by atoms with Crippen molar-refractivity contribution in [3.8, 4) is 0 Å². The van der Waals surface area contributed by atoms with Crippen molar-refractivity contribution >= 4 is 17.3 Å². The minimum Gasteiger partial charge on any atom is -0.397 e. The summed E-state index contributed by atoms with van der Waals surface area (Å²) < 4.78 is 15.0. The molecule has 0 bridgehead atoms. The van der Waals surface area contributed by atoms with Crippen LogP contribution in [0.4, 0.5) is 15.8 Å². The molecule has 0 saturated heterocycles. The Balaban J connectivity index is 1.92. The molecule has 1 heterocycles. The first-order chi connectivity index (χ1) is 9.95. The summed E-state index contributed by atoms with van der Waals surface area (Å²) in [6.45, 7) is 0.693. The lowest BCUT2D eigenvalue weighted by Gasteiger charge is -2.16. The van der Waals surface area contributed by atoms with Crippen LogP contribution in [0.1, 0.15) is 5.82 Å². The van der Waals surface area contributed by atoms with Crippen LogP contribution in [0.3, 0.4) is 0 Å². The second kappa shape index (κ2) is 6.36. The molecule has 0 radical (unpaired) electrons. The summed E-state index contributed by atoms with van der Waals surface area (Å²) in [7, 11) is 3.70. The van der Waals surface area contributed by atoms with Gasteiger partial charge in [-0.25, -0.2) is 9.37 Å². The van der Waals surface area contributed by atoms with Gasteiger partial charge in [-0.15, -0.1) is 0 Å². The largest absolute Gasteiger partial charge is 0.397 e. The predicted molar refractivity (Wildman–Crippen MR) is 79.0 cm³/mol. The van der Waals surface area contributed by atoms with E-state index in [2.05, 4.69) is 10.3 Å². The quantitative estimate of drug-likeness (QED) is 0.812. The van der Waals surface area contributed by atoms with Crippen LogP contribution in [-0.2, 0) is 18.4 Å². The van der Waals surface area contributed by atoms with Crippen LogP contribution in [0.5, 0.6) is 0 Å². The standard InChI is InChI=1S/C14H18FN5O/c1-19(8-13-17-5-6-20(13)2)9-14(21)18-12-7-10(15)3-4-11(12)16/h3-7H,8-9,16H2,1-2H3,(H,18,21). The number of aromatic nitrogens is 2. The Bertz CT molecular complexity index is 640. The van der Waals surface area contributed by atoms with Crippen molar-refractivity contribution in [1.29, 1.82) is 0 Å². The Labute approximate surface area is 122 Å². The second-order valence-electron chi connectivity index (χ2n) is 4.91. The molecule has 1 amide bonds. The fourth-order valence-corrected chi connectivity index (χ4v) is 1.92. The summed E-state index contributed by atoms with van der Waals surface area (Å²) in [5, 5.41) is 2.60. The lowest BCUT2D eigenvalue weighted by Crippen LogP contribution is -2.30. The Morgan fingerprint density at radius 2 is 2.29 bits per heavy atom. The molecule has 6 nitrogen and oxygen atoms in total. The number of imidazole rings is 1. The maximum atomic E-state index is 13.1. The first-order valence-corrected chi connectivity index (χ1v) is 6.45. The number of amides is 1. The third-order valence-electron chi connectivity index (χ3n) is 3.04. The number of rotatable bonds is 5. The molecule has 0 aliphatic rings. The number of aryl methyl sites for hydroxylation is 1. The number of carbonyl (C=O) groups is 1. The molecule has 0 fully saturated rings. The van der Waals surface area contributed by atoms with Crippen LogP contribution >= 0.6 is 0 Å². The van der Waals surface area contributed by atoms with E-state index in [4.69, 9.17) is 5.73 Å². The summed E-state index contributed by atoms with van der Waals surface area (Å²) >= 11 is 0. The van der Waals surface area contributed by atoms with Gasteiger partial charge in [-0.2, -0.15) is 0 Å². The molecule has 0 unspecified atom stereocenters. The zero-order chi connectivity index (χ0) is 15.4.